The average molecular weight is 300 g/mol. The van der Waals surface area contributed by atoms with Crippen LogP contribution in [-0.4, -0.2) is 22.2 Å². The molecule has 112 valence electrons. The van der Waals surface area contributed by atoms with Gasteiger partial charge < -0.3 is 21.7 Å². The van der Waals surface area contributed by atoms with Crippen molar-refractivity contribution >= 4 is 34.7 Å². The van der Waals surface area contributed by atoms with Crippen molar-refractivity contribution < 1.29 is 19.8 Å². The molecular weight excluding hydrogens is 288 g/mol. The molecule has 22 heavy (non-hydrogen) atoms. The lowest BCUT2D eigenvalue weighted by atomic mass is 10.2. The summed E-state index contributed by atoms with van der Waals surface area (Å²) in [7, 11) is 0. The second-order valence-corrected chi connectivity index (χ2v) is 4.36. The number of carboxylic acids is 2. The lowest BCUT2D eigenvalue weighted by molar-refractivity contribution is 0.0686. The zero-order valence-corrected chi connectivity index (χ0v) is 11.2. The summed E-state index contributed by atoms with van der Waals surface area (Å²) in [5.74, 6) is -2.24. The van der Waals surface area contributed by atoms with Crippen LogP contribution >= 0.6 is 0 Å². The van der Waals surface area contributed by atoms with Gasteiger partial charge in [0.25, 0.3) is 0 Å². The summed E-state index contributed by atoms with van der Waals surface area (Å²) in [5.41, 5.74) is 12.2. The minimum atomic E-state index is -1.12. The number of hydrogen-bond acceptors (Lipinski definition) is 6. The van der Waals surface area contributed by atoms with E-state index in [9.17, 15) is 9.59 Å². The molecule has 0 unspecified atom stereocenters. The third-order valence-corrected chi connectivity index (χ3v) is 2.82. The molecule has 0 aromatic heterocycles. The van der Waals surface area contributed by atoms with Gasteiger partial charge in [0.2, 0.25) is 0 Å². The zero-order valence-electron chi connectivity index (χ0n) is 11.2. The molecule has 0 bridgehead atoms. The number of aromatic carboxylic acids is 2. The monoisotopic (exact) mass is 300 g/mol. The number of azo groups is 1. The highest BCUT2D eigenvalue weighted by Gasteiger charge is 2.08. The smallest absolute Gasteiger partial charge is 0.335 e. The van der Waals surface area contributed by atoms with E-state index in [-0.39, 0.29) is 33.9 Å². The van der Waals surface area contributed by atoms with E-state index in [4.69, 9.17) is 21.7 Å². The van der Waals surface area contributed by atoms with E-state index in [1.54, 1.807) is 0 Å². The first-order valence-corrected chi connectivity index (χ1v) is 6.06. The minimum Gasteiger partial charge on any atom is -0.478 e. The number of nitrogens with zero attached hydrogens (tertiary/aromatic N) is 2. The van der Waals surface area contributed by atoms with Crippen LogP contribution in [0.15, 0.2) is 46.6 Å². The summed E-state index contributed by atoms with van der Waals surface area (Å²) in [6.45, 7) is 0. The number of nitrogens with two attached hydrogens (primary N) is 2. The van der Waals surface area contributed by atoms with E-state index in [1.807, 2.05) is 0 Å². The van der Waals surface area contributed by atoms with Gasteiger partial charge in [0.05, 0.1) is 22.5 Å². The van der Waals surface area contributed by atoms with Gasteiger partial charge in [0.1, 0.15) is 11.4 Å². The first kappa shape index (κ1) is 15.0. The Hall–Kier alpha value is -3.42. The number of nitrogen functional groups attached to an aromatic ring is 2. The van der Waals surface area contributed by atoms with Crippen LogP contribution in [0.2, 0.25) is 0 Å². The van der Waals surface area contributed by atoms with Crippen LogP contribution in [-0.2, 0) is 0 Å². The molecule has 8 heteroatoms. The molecule has 0 aliphatic rings. The number of carboxylic acid groups (broad SMARTS) is 2. The Labute approximate surface area is 124 Å². The van der Waals surface area contributed by atoms with Gasteiger partial charge >= 0.3 is 11.9 Å². The van der Waals surface area contributed by atoms with E-state index >= 15 is 0 Å². The molecule has 6 N–H and O–H groups in total. The molecular formula is C14H12N4O4. The summed E-state index contributed by atoms with van der Waals surface area (Å²) in [6, 6.07) is 8.01. The molecule has 0 spiro atoms. The van der Waals surface area contributed by atoms with Crippen molar-refractivity contribution in [3.05, 3.63) is 47.5 Å². The maximum Gasteiger partial charge on any atom is 0.335 e. The molecule has 8 nitrogen and oxygen atoms in total. The highest BCUT2D eigenvalue weighted by molar-refractivity contribution is 5.90. The molecule has 0 saturated carbocycles. The molecule has 2 rings (SSSR count). The van der Waals surface area contributed by atoms with Gasteiger partial charge in [-0.3, -0.25) is 0 Å². The van der Waals surface area contributed by atoms with Crippen molar-refractivity contribution in [2.24, 2.45) is 10.2 Å². The molecule has 2 aromatic rings. The maximum absolute atomic E-state index is 10.9. The van der Waals surface area contributed by atoms with Gasteiger partial charge in [0.15, 0.2) is 0 Å². The zero-order chi connectivity index (χ0) is 16.3. The van der Waals surface area contributed by atoms with Crippen LogP contribution < -0.4 is 11.5 Å². The fourth-order valence-electron chi connectivity index (χ4n) is 1.63. The van der Waals surface area contributed by atoms with Crippen molar-refractivity contribution in [2.75, 3.05) is 11.5 Å². The Morgan fingerprint density at radius 2 is 1.14 bits per heavy atom. The maximum atomic E-state index is 10.9. The van der Waals surface area contributed by atoms with E-state index in [0.29, 0.717) is 0 Å². The van der Waals surface area contributed by atoms with E-state index in [1.165, 1.54) is 36.4 Å². The van der Waals surface area contributed by atoms with Crippen LogP contribution in [0, 0.1) is 0 Å². The van der Waals surface area contributed by atoms with Crippen LogP contribution in [0.1, 0.15) is 20.7 Å². The van der Waals surface area contributed by atoms with Crippen molar-refractivity contribution in [1.82, 2.24) is 0 Å². The molecule has 0 aliphatic heterocycles. The predicted molar refractivity (Wildman–Crippen MR) is 79.8 cm³/mol. The topological polar surface area (TPSA) is 151 Å². The Kier molecular flexibility index (Phi) is 4.03. The van der Waals surface area contributed by atoms with Crippen molar-refractivity contribution in [1.29, 1.82) is 0 Å². The summed E-state index contributed by atoms with van der Waals surface area (Å²) in [6.07, 6.45) is 0. The normalized spacial score (nSPS) is 10.7. The fourth-order valence-corrected chi connectivity index (χ4v) is 1.63. The molecule has 0 heterocycles. The molecule has 0 aliphatic carbocycles. The quantitative estimate of drug-likeness (QED) is 0.503. The van der Waals surface area contributed by atoms with Crippen molar-refractivity contribution in [3.63, 3.8) is 0 Å². The summed E-state index contributed by atoms with van der Waals surface area (Å²) >= 11 is 0. The number of rotatable bonds is 4. The summed E-state index contributed by atoms with van der Waals surface area (Å²) in [5, 5.41) is 25.5. The van der Waals surface area contributed by atoms with Crippen LogP contribution in [0.25, 0.3) is 0 Å². The Morgan fingerprint density at radius 1 is 0.773 bits per heavy atom. The third-order valence-electron chi connectivity index (χ3n) is 2.82. The van der Waals surface area contributed by atoms with Gasteiger partial charge in [-0.05, 0) is 36.4 Å². The van der Waals surface area contributed by atoms with Gasteiger partial charge in [-0.15, -0.1) is 10.2 Å². The number of carbonyl (C=O) groups is 2. The van der Waals surface area contributed by atoms with Crippen LogP contribution in [0.5, 0.6) is 0 Å². The lowest BCUT2D eigenvalue weighted by Gasteiger charge is -2.03. The van der Waals surface area contributed by atoms with Crippen LogP contribution in [0.4, 0.5) is 22.7 Å². The third kappa shape index (κ3) is 3.18. The highest BCUT2D eigenvalue weighted by Crippen LogP contribution is 2.29. The van der Waals surface area contributed by atoms with Crippen LogP contribution in [0.3, 0.4) is 0 Å². The summed E-state index contributed by atoms with van der Waals surface area (Å²) < 4.78 is 0. The lowest BCUT2D eigenvalue weighted by Crippen LogP contribution is -1.97. The molecule has 0 radical (unpaired) electrons. The second-order valence-electron chi connectivity index (χ2n) is 4.36. The minimum absolute atomic E-state index is 0.00964. The average Bonchev–Trinajstić information content (AvgIpc) is 2.47. The number of hydrogen-bond donors (Lipinski definition) is 4. The van der Waals surface area contributed by atoms with Gasteiger partial charge in [-0.25, -0.2) is 9.59 Å². The predicted octanol–water partition coefficient (Wildman–Crippen LogP) is 2.66. The van der Waals surface area contributed by atoms with Crippen molar-refractivity contribution in [2.45, 2.75) is 0 Å². The highest BCUT2D eigenvalue weighted by atomic mass is 16.4. The largest absolute Gasteiger partial charge is 0.478 e. The van der Waals surface area contributed by atoms with Crippen molar-refractivity contribution in [3.8, 4) is 0 Å². The molecule has 0 atom stereocenters. The van der Waals surface area contributed by atoms with Gasteiger partial charge in [0, 0.05) is 0 Å². The first-order valence-electron chi connectivity index (χ1n) is 6.06. The number of anilines is 2. The molecule has 0 fully saturated rings. The Bertz CT molecular complexity index is 721. The standard InChI is InChI=1S/C14H12N4O4/c15-9-3-1-7(13(19)20)5-11(9)17-18-12-6-8(14(21)22)2-4-10(12)16/h1-6H,15-16H2,(H,19,20)(H,21,22). The molecule has 0 saturated heterocycles. The van der Waals surface area contributed by atoms with E-state index in [0.717, 1.165) is 0 Å². The second kappa shape index (κ2) is 5.92. The van der Waals surface area contributed by atoms with Gasteiger partial charge in [-0.2, -0.15) is 0 Å². The Balaban J connectivity index is 2.40. The van der Waals surface area contributed by atoms with E-state index < -0.39 is 11.9 Å². The number of benzene rings is 2. The first-order chi connectivity index (χ1) is 10.4. The van der Waals surface area contributed by atoms with E-state index in [2.05, 4.69) is 10.2 Å². The summed E-state index contributed by atoms with van der Waals surface area (Å²) in [4.78, 5) is 21.8. The molecule has 2 aromatic carbocycles. The van der Waals surface area contributed by atoms with Gasteiger partial charge in [-0.1, -0.05) is 0 Å². The Morgan fingerprint density at radius 3 is 1.45 bits per heavy atom. The molecule has 0 amide bonds. The fraction of sp³-hybridized carbons (Fsp3) is 0. The SMILES string of the molecule is Nc1ccc(C(=O)O)cc1N=Nc1cc(C(=O)O)ccc1N.